The molecule has 6 nitrogen and oxygen atoms in total. The van der Waals surface area contributed by atoms with E-state index in [-0.39, 0.29) is 18.3 Å². The van der Waals surface area contributed by atoms with Crippen molar-refractivity contribution in [1.29, 1.82) is 0 Å². The summed E-state index contributed by atoms with van der Waals surface area (Å²) in [6.45, 7) is 5.27. The van der Waals surface area contributed by atoms with Crippen LogP contribution in [0.3, 0.4) is 0 Å². The molecular formula is C18H24ClN3O3. The first kappa shape index (κ1) is 20.6. The first-order valence-electron chi connectivity index (χ1n) is 8.06. The van der Waals surface area contributed by atoms with Gasteiger partial charge in [-0.05, 0) is 37.1 Å². The zero-order chi connectivity index (χ0) is 17.4. The molecule has 1 aromatic carbocycles. The fourth-order valence-electron chi connectivity index (χ4n) is 1.98. The molecule has 0 unspecified atom stereocenters. The van der Waals surface area contributed by atoms with Gasteiger partial charge in [-0.1, -0.05) is 13.8 Å². The Morgan fingerprint density at radius 2 is 1.76 bits per heavy atom. The molecule has 136 valence electrons. The highest BCUT2D eigenvalue weighted by atomic mass is 35.5. The van der Waals surface area contributed by atoms with Crippen LogP contribution in [0.15, 0.2) is 36.5 Å². The number of ether oxygens (including phenoxy) is 2. The second kappa shape index (κ2) is 10.4. The average molecular weight is 366 g/mol. The molecule has 0 aliphatic rings. The van der Waals surface area contributed by atoms with Crippen LogP contribution in [0.1, 0.15) is 37.2 Å². The van der Waals surface area contributed by atoms with E-state index in [9.17, 15) is 4.79 Å². The molecule has 25 heavy (non-hydrogen) atoms. The molecule has 0 spiro atoms. The van der Waals surface area contributed by atoms with E-state index in [4.69, 9.17) is 15.2 Å². The van der Waals surface area contributed by atoms with Gasteiger partial charge in [0.2, 0.25) is 0 Å². The first-order valence-corrected chi connectivity index (χ1v) is 8.06. The van der Waals surface area contributed by atoms with Gasteiger partial charge in [-0.3, -0.25) is 4.79 Å². The van der Waals surface area contributed by atoms with Crippen LogP contribution in [0, 0.1) is 0 Å². The Morgan fingerprint density at radius 1 is 1.08 bits per heavy atom. The number of rotatable bonds is 8. The van der Waals surface area contributed by atoms with E-state index in [0.29, 0.717) is 41.8 Å². The van der Waals surface area contributed by atoms with Crippen molar-refractivity contribution in [3.63, 3.8) is 0 Å². The normalized spacial score (nSPS) is 9.84. The van der Waals surface area contributed by atoms with E-state index in [2.05, 4.69) is 10.3 Å². The van der Waals surface area contributed by atoms with Crippen LogP contribution in [-0.4, -0.2) is 24.1 Å². The quantitative estimate of drug-likeness (QED) is 0.740. The summed E-state index contributed by atoms with van der Waals surface area (Å²) in [4.78, 5) is 16.2. The van der Waals surface area contributed by atoms with Crippen molar-refractivity contribution in [2.45, 2.75) is 26.7 Å². The molecule has 0 aliphatic heterocycles. The minimum atomic E-state index is -0.307. The van der Waals surface area contributed by atoms with Crippen LogP contribution in [0.4, 0.5) is 11.4 Å². The van der Waals surface area contributed by atoms with Crippen LogP contribution in [0.5, 0.6) is 11.5 Å². The molecule has 0 saturated heterocycles. The Balaban J connectivity index is 0.00000312. The molecule has 0 saturated carbocycles. The lowest BCUT2D eigenvalue weighted by atomic mass is 10.2. The molecule has 0 atom stereocenters. The Bertz CT molecular complexity index is 678. The molecule has 7 heteroatoms. The van der Waals surface area contributed by atoms with Crippen LogP contribution in [-0.2, 0) is 0 Å². The number of nitrogens with zero attached hydrogens (tertiary/aromatic N) is 1. The van der Waals surface area contributed by atoms with Crippen LogP contribution >= 0.6 is 12.4 Å². The predicted molar refractivity (Wildman–Crippen MR) is 102 cm³/mol. The number of hydrogen-bond acceptors (Lipinski definition) is 5. The Hall–Kier alpha value is -2.47. The number of aromatic nitrogens is 1. The van der Waals surface area contributed by atoms with Crippen molar-refractivity contribution in [3.8, 4) is 11.5 Å². The number of benzene rings is 1. The number of halogens is 1. The molecule has 1 heterocycles. The Labute approximate surface area is 154 Å². The second-order valence-corrected chi connectivity index (χ2v) is 5.29. The smallest absolute Gasteiger partial charge is 0.274 e. The number of pyridine rings is 1. The molecule has 2 rings (SSSR count). The van der Waals surface area contributed by atoms with Crippen LogP contribution in [0.2, 0.25) is 0 Å². The topological polar surface area (TPSA) is 86.5 Å². The fraction of sp³-hybridized carbons (Fsp3) is 0.333. The average Bonchev–Trinajstić information content (AvgIpc) is 2.59. The third-order valence-corrected chi connectivity index (χ3v) is 3.14. The van der Waals surface area contributed by atoms with E-state index in [1.807, 2.05) is 13.8 Å². The van der Waals surface area contributed by atoms with Gasteiger partial charge in [-0.25, -0.2) is 4.98 Å². The second-order valence-electron chi connectivity index (χ2n) is 5.29. The lowest BCUT2D eigenvalue weighted by Gasteiger charge is -2.14. The summed E-state index contributed by atoms with van der Waals surface area (Å²) in [6.07, 6.45) is 3.25. The molecular weight excluding hydrogens is 342 g/mol. The van der Waals surface area contributed by atoms with Crippen molar-refractivity contribution >= 4 is 29.7 Å². The van der Waals surface area contributed by atoms with Crippen molar-refractivity contribution < 1.29 is 14.3 Å². The van der Waals surface area contributed by atoms with E-state index >= 15 is 0 Å². The molecule has 0 aliphatic carbocycles. The zero-order valence-electron chi connectivity index (χ0n) is 14.5. The number of carbonyl (C=O) groups excluding carboxylic acids is 1. The Kier molecular flexibility index (Phi) is 8.56. The molecule has 1 amide bonds. The SMILES string of the molecule is CCCOc1ccc(NC(=O)c2ccc(N)cn2)cc1OCCC.Cl. The van der Waals surface area contributed by atoms with E-state index in [1.54, 1.807) is 30.3 Å². The van der Waals surface area contributed by atoms with Gasteiger partial charge in [0.25, 0.3) is 5.91 Å². The van der Waals surface area contributed by atoms with Gasteiger partial charge in [0, 0.05) is 11.8 Å². The minimum Gasteiger partial charge on any atom is -0.490 e. The first-order chi connectivity index (χ1) is 11.6. The summed E-state index contributed by atoms with van der Waals surface area (Å²) in [5.74, 6) is 0.987. The maximum atomic E-state index is 12.2. The fourth-order valence-corrected chi connectivity index (χ4v) is 1.98. The number of hydrogen-bond donors (Lipinski definition) is 2. The molecule has 0 radical (unpaired) electrons. The summed E-state index contributed by atoms with van der Waals surface area (Å²) in [5, 5.41) is 2.80. The van der Waals surface area contributed by atoms with Gasteiger partial charge in [0.05, 0.1) is 25.1 Å². The van der Waals surface area contributed by atoms with Crippen LogP contribution < -0.4 is 20.5 Å². The van der Waals surface area contributed by atoms with Crippen molar-refractivity contribution in [2.24, 2.45) is 0 Å². The molecule has 0 fully saturated rings. The number of nitrogens with one attached hydrogen (secondary N) is 1. The largest absolute Gasteiger partial charge is 0.490 e. The highest BCUT2D eigenvalue weighted by Crippen LogP contribution is 2.31. The molecule has 1 aromatic heterocycles. The third kappa shape index (κ3) is 6.15. The number of amides is 1. The summed E-state index contributed by atoms with van der Waals surface area (Å²) in [7, 11) is 0. The summed E-state index contributed by atoms with van der Waals surface area (Å²) in [5.41, 5.74) is 7.01. The maximum Gasteiger partial charge on any atom is 0.274 e. The van der Waals surface area contributed by atoms with E-state index in [1.165, 1.54) is 6.20 Å². The summed E-state index contributed by atoms with van der Waals surface area (Å²) in [6, 6.07) is 8.55. The number of nitrogen functional groups attached to an aromatic ring is 1. The van der Waals surface area contributed by atoms with E-state index < -0.39 is 0 Å². The molecule has 0 bridgehead atoms. The highest BCUT2D eigenvalue weighted by Gasteiger charge is 2.11. The summed E-state index contributed by atoms with van der Waals surface area (Å²) >= 11 is 0. The van der Waals surface area contributed by atoms with Gasteiger partial charge in [0.15, 0.2) is 11.5 Å². The van der Waals surface area contributed by atoms with Gasteiger partial charge in [0.1, 0.15) is 5.69 Å². The van der Waals surface area contributed by atoms with Gasteiger partial charge in [-0.15, -0.1) is 12.4 Å². The summed E-state index contributed by atoms with van der Waals surface area (Å²) < 4.78 is 11.4. The Morgan fingerprint density at radius 3 is 2.36 bits per heavy atom. The number of nitrogens with two attached hydrogens (primary N) is 1. The molecule has 3 N–H and O–H groups in total. The molecule has 2 aromatic rings. The lowest BCUT2D eigenvalue weighted by molar-refractivity contribution is 0.102. The highest BCUT2D eigenvalue weighted by molar-refractivity contribution is 6.03. The maximum absolute atomic E-state index is 12.2. The van der Waals surface area contributed by atoms with E-state index in [0.717, 1.165) is 12.8 Å². The monoisotopic (exact) mass is 365 g/mol. The van der Waals surface area contributed by atoms with Crippen LogP contribution in [0.25, 0.3) is 0 Å². The third-order valence-electron chi connectivity index (χ3n) is 3.14. The van der Waals surface area contributed by atoms with Gasteiger partial charge in [-0.2, -0.15) is 0 Å². The van der Waals surface area contributed by atoms with Gasteiger partial charge < -0.3 is 20.5 Å². The lowest BCUT2D eigenvalue weighted by Crippen LogP contribution is -2.14. The zero-order valence-corrected chi connectivity index (χ0v) is 15.3. The van der Waals surface area contributed by atoms with Crippen molar-refractivity contribution in [3.05, 3.63) is 42.2 Å². The standard InChI is InChI=1S/C18H23N3O3.ClH/c1-3-9-23-16-8-6-14(11-17(16)24-10-4-2)21-18(22)15-7-5-13(19)12-20-15;/h5-8,11-12H,3-4,9-10,19H2,1-2H3,(H,21,22);1H. The van der Waals surface area contributed by atoms with Gasteiger partial charge >= 0.3 is 0 Å². The number of anilines is 2. The number of carbonyl (C=O) groups is 1. The van der Waals surface area contributed by atoms with Crippen molar-refractivity contribution in [1.82, 2.24) is 4.98 Å². The van der Waals surface area contributed by atoms with Crippen molar-refractivity contribution in [2.75, 3.05) is 24.3 Å². The minimum absolute atomic E-state index is 0. The predicted octanol–water partition coefficient (Wildman–Crippen LogP) is 3.92.